The Balaban J connectivity index is 1.42. The van der Waals surface area contributed by atoms with E-state index in [-0.39, 0.29) is 18.6 Å². The summed E-state index contributed by atoms with van der Waals surface area (Å²) < 4.78 is 11.7. The molecule has 1 fully saturated rings. The average molecular weight is 583 g/mol. The van der Waals surface area contributed by atoms with Crippen molar-refractivity contribution in [3.8, 4) is 17.6 Å². The van der Waals surface area contributed by atoms with Crippen LogP contribution in [0.3, 0.4) is 0 Å². The number of likely N-dealkylation sites (tertiary alicyclic amines) is 1. The van der Waals surface area contributed by atoms with Crippen molar-refractivity contribution in [3.05, 3.63) is 89.4 Å². The molecule has 0 aliphatic carbocycles. The molecule has 2 aromatic carbocycles. The molecular formula is C32H31ClN6O3. The predicted octanol–water partition coefficient (Wildman–Crippen LogP) is 6.47. The molecule has 9 nitrogen and oxygen atoms in total. The van der Waals surface area contributed by atoms with Crippen molar-refractivity contribution in [2.75, 3.05) is 30.8 Å². The Kier molecular flexibility index (Phi) is 9.17. The molecule has 1 atom stereocenters. The minimum absolute atomic E-state index is 0.246. The summed E-state index contributed by atoms with van der Waals surface area (Å²) in [4.78, 5) is 23.9. The van der Waals surface area contributed by atoms with Gasteiger partial charge in [-0.2, -0.15) is 5.26 Å². The standard InChI is InChI=1S/C32H31ClN6O3/c1-3-41-30-17-27-25(16-28(30)38-31(40)12-10-24-8-6-14-39(24)2)32(21(18-34)19-36-27)37-22-9-11-29(26(33)15-22)42-20-23-7-4-5-13-35-23/h4-5,7,9-13,15-17,19,24H,3,6,8,14,20H2,1-2H3,(H,36,37)(H,38,40). The van der Waals surface area contributed by atoms with Gasteiger partial charge in [0.15, 0.2) is 0 Å². The normalized spacial score (nSPS) is 15.0. The molecule has 214 valence electrons. The molecule has 3 heterocycles. The molecule has 1 saturated heterocycles. The van der Waals surface area contributed by atoms with Gasteiger partial charge in [-0.05, 0) is 69.8 Å². The summed E-state index contributed by atoms with van der Waals surface area (Å²) in [5, 5.41) is 17.2. The molecule has 0 bridgehead atoms. The fraction of sp³-hybridized carbons (Fsp3) is 0.250. The van der Waals surface area contributed by atoms with Crippen LogP contribution in [0.1, 0.15) is 31.0 Å². The van der Waals surface area contributed by atoms with Crippen LogP contribution in [0.4, 0.5) is 17.1 Å². The first-order chi connectivity index (χ1) is 20.4. The number of aromatic nitrogens is 2. The van der Waals surface area contributed by atoms with Crippen molar-refractivity contribution in [1.82, 2.24) is 14.9 Å². The van der Waals surface area contributed by atoms with Gasteiger partial charge >= 0.3 is 0 Å². The highest BCUT2D eigenvalue weighted by Gasteiger charge is 2.19. The molecule has 5 rings (SSSR count). The van der Waals surface area contributed by atoms with E-state index in [0.29, 0.717) is 56.7 Å². The fourth-order valence-electron chi connectivity index (χ4n) is 4.84. The predicted molar refractivity (Wildman–Crippen MR) is 164 cm³/mol. The third kappa shape index (κ3) is 6.79. The molecule has 0 spiro atoms. The molecule has 4 aromatic rings. The smallest absolute Gasteiger partial charge is 0.248 e. The fourth-order valence-corrected chi connectivity index (χ4v) is 5.07. The number of likely N-dealkylation sites (N-methyl/N-ethyl adjacent to an activating group) is 1. The van der Waals surface area contributed by atoms with E-state index >= 15 is 0 Å². The highest BCUT2D eigenvalue weighted by Crippen LogP contribution is 2.37. The summed E-state index contributed by atoms with van der Waals surface area (Å²) in [5.41, 5.74) is 3.38. The summed E-state index contributed by atoms with van der Waals surface area (Å²) in [6.07, 6.45) is 8.85. The van der Waals surface area contributed by atoms with Crippen molar-refractivity contribution >= 4 is 45.5 Å². The third-order valence-corrected chi connectivity index (χ3v) is 7.29. The second-order valence-corrected chi connectivity index (χ2v) is 10.3. The number of halogens is 1. The van der Waals surface area contributed by atoms with Crippen LogP contribution in [0.5, 0.6) is 11.5 Å². The highest BCUT2D eigenvalue weighted by molar-refractivity contribution is 6.32. The van der Waals surface area contributed by atoms with Crippen molar-refractivity contribution < 1.29 is 14.3 Å². The van der Waals surface area contributed by atoms with Gasteiger partial charge < -0.3 is 20.1 Å². The van der Waals surface area contributed by atoms with Crippen LogP contribution >= 0.6 is 11.6 Å². The number of nitrogens with zero attached hydrogens (tertiary/aromatic N) is 4. The Labute approximate surface area is 249 Å². The van der Waals surface area contributed by atoms with E-state index in [2.05, 4.69) is 38.6 Å². The number of hydrogen-bond acceptors (Lipinski definition) is 8. The van der Waals surface area contributed by atoms with Crippen LogP contribution in [-0.2, 0) is 11.4 Å². The zero-order valence-electron chi connectivity index (χ0n) is 23.4. The number of hydrogen-bond donors (Lipinski definition) is 2. The maximum Gasteiger partial charge on any atom is 0.248 e. The SMILES string of the molecule is CCOc1cc2ncc(C#N)c(Nc3ccc(OCc4ccccn4)c(Cl)c3)c2cc1NC(=O)C=CC1CCCN1C. The molecule has 2 aromatic heterocycles. The molecule has 1 aliphatic heterocycles. The second kappa shape index (κ2) is 13.3. The second-order valence-electron chi connectivity index (χ2n) is 9.88. The van der Waals surface area contributed by atoms with Gasteiger partial charge in [0.2, 0.25) is 5.91 Å². The van der Waals surface area contributed by atoms with Crippen LogP contribution in [0, 0.1) is 11.3 Å². The number of nitriles is 1. The summed E-state index contributed by atoms with van der Waals surface area (Å²) >= 11 is 6.54. The zero-order valence-corrected chi connectivity index (χ0v) is 24.2. The van der Waals surface area contributed by atoms with E-state index in [0.717, 1.165) is 25.1 Å². The van der Waals surface area contributed by atoms with E-state index in [1.54, 1.807) is 36.5 Å². The third-order valence-electron chi connectivity index (χ3n) is 7.00. The Hall–Kier alpha value is -4.65. The summed E-state index contributed by atoms with van der Waals surface area (Å²) in [6.45, 7) is 3.58. The lowest BCUT2D eigenvalue weighted by Crippen LogP contribution is -2.23. The van der Waals surface area contributed by atoms with Gasteiger partial charge in [0.05, 0.1) is 39.8 Å². The van der Waals surface area contributed by atoms with Gasteiger partial charge in [-0.15, -0.1) is 0 Å². The number of benzene rings is 2. The van der Waals surface area contributed by atoms with Crippen LogP contribution in [0.25, 0.3) is 10.9 Å². The summed E-state index contributed by atoms with van der Waals surface area (Å²) in [7, 11) is 2.06. The van der Waals surface area contributed by atoms with Crippen molar-refractivity contribution in [2.24, 2.45) is 0 Å². The molecule has 0 saturated carbocycles. The molecule has 1 aliphatic rings. The molecule has 2 N–H and O–H groups in total. The summed E-state index contributed by atoms with van der Waals surface area (Å²) in [5.74, 6) is 0.740. The average Bonchev–Trinajstić information content (AvgIpc) is 3.41. The first-order valence-electron chi connectivity index (χ1n) is 13.7. The van der Waals surface area contributed by atoms with E-state index in [1.807, 2.05) is 37.3 Å². The Morgan fingerprint density at radius 1 is 1.19 bits per heavy atom. The molecule has 1 amide bonds. The molecule has 0 radical (unpaired) electrons. The van der Waals surface area contributed by atoms with Crippen molar-refractivity contribution in [1.29, 1.82) is 5.26 Å². The lowest BCUT2D eigenvalue weighted by atomic mass is 10.1. The Morgan fingerprint density at radius 2 is 2.07 bits per heavy atom. The first-order valence-corrected chi connectivity index (χ1v) is 14.1. The minimum Gasteiger partial charge on any atom is -0.492 e. The Morgan fingerprint density at radius 3 is 2.79 bits per heavy atom. The number of anilines is 3. The van der Waals surface area contributed by atoms with Crippen molar-refractivity contribution in [3.63, 3.8) is 0 Å². The van der Waals surface area contributed by atoms with E-state index in [9.17, 15) is 10.1 Å². The molecule has 1 unspecified atom stereocenters. The van der Waals surface area contributed by atoms with Crippen molar-refractivity contribution in [2.45, 2.75) is 32.4 Å². The molecular weight excluding hydrogens is 552 g/mol. The lowest BCUT2D eigenvalue weighted by Gasteiger charge is -2.17. The van der Waals surface area contributed by atoms with Crippen LogP contribution < -0.4 is 20.1 Å². The van der Waals surface area contributed by atoms with Gasteiger partial charge in [-0.25, -0.2) is 0 Å². The van der Waals surface area contributed by atoms with Crippen LogP contribution in [0.15, 0.2) is 73.1 Å². The number of pyridine rings is 2. The van der Waals surface area contributed by atoms with Gasteiger partial charge in [-0.1, -0.05) is 23.7 Å². The lowest BCUT2D eigenvalue weighted by molar-refractivity contribution is -0.112. The number of carbonyl (C=O) groups is 1. The topological polar surface area (TPSA) is 112 Å². The van der Waals surface area contributed by atoms with Gasteiger partial charge in [-0.3, -0.25) is 19.7 Å². The monoisotopic (exact) mass is 582 g/mol. The Bertz CT molecular complexity index is 1650. The van der Waals surface area contributed by atoms with Crippen LogP contribution in [0.2, 0.25) is 5.02 Å². The number of amides is 1. The number of rotatable bonds is 10. The largest absolute Gasteiger partial charge is 0.492 e. The zero-order chi connectivity index (χ0) is 29.5. The van der Waals surface area contributed by atoms with Gasteiger partial charge in [0, 0.05) is 41.7 Å². The number of nitrogens with one attached hydrogen (secondary N) is 2. The highest BCUT2D eigenvalue weighted by atomic mass is 35.5. The number of ether oxygens (including phenoxy) is 2. The minimum atomic E-state index is -0.261. The van der Waals surface area contributed by atoms with Gasteiger partial charge in [0.25, 0.3) is 0 Å². The van der Waals surface area contributed by atoms with Gasteiger partial charge in [0.1, 0.15) is 24.2 Å². The quantitative estimate of drug-likeness (QED) is 0.205. The van der Waals surface area contributed by atoms with E-state index in [1.165, 1.54) is 6.20 Å². The number of fused-ring (bicyclic) bond motifs is 1. The number of carbonyl (C=O) groups excluding carboxylic acids is 1. The van der Waals surface area contributed by atoms with E-state index < -0.39 is 0 Å². The van der Waals surface area contributed by atoms with Crippen LogP contribution in [-0.4, -0.2) is 47.0 Å². The van der Waals surface area contributed by atoms with E-state index in [4.69, 9.17) is 21.1 Å². The molecule has 10 heteroatoms. The molecule has 42 heavy (non-hydrogen) atoms. The summed E-state index contributed by atoms with van der Waals surface area (Å²) in [6, 6.07) is 16.9. The maximum atomic E-state index is 12.9. The first kappa shape index (κ1) is 28.9. The maximum absolute atomic E-state index is 12.9.